The summed E-state index contributed by atoms with van der Waals surface area (Å²) in [6.45, 7) is 4.11. The molecule has 1 aliphatic rings. The molecule has 0 saturated carbocycles. The Labute approximate surface area is 113 Å². The van der Waals surface area contributed by atoms with Gasteiger partial charge in [-0.25, -0.2) is 0 Å². The molecule has 4 nitrogen and oxygen atoms in total. The van der Waals surface area contributed by atoms with Gasteiger partial charge in [0, 0.05) is 13.6 Å². The number of thiocarbonyl (C=S) groups is 1. The first kappa shape index (κ1) is 13.0. The van der Waals surface area contributed by atoms with Crippen molar-refractivity contribution in [2.75, 3.05) is 26.7 Å². The quantitative estimate of drug-likeness (QED) is 0.841. The Kier molecular flexibility index (Phi) is 4.25. The van der Waals surface area contributed by atoms with Gasteiger partial charge in [-0.2, -0.15) is 0 Å². The number of nitrogens with zero attached hydrogens (tertiary/aromatic N) is 1. The van der Waals surface area contributed by atoms with Crippen LogP contribution in [0.3, 0.4) is 0 Å². The van der Waals surface area contributed by atoms with Crippen molar-refractivity contribution in [3.05, 3.63) is 24.3 Å². The summed E-state index contributed by atoms with van der Waals surface area (Å²) in [5, 5.41) is 3.85. The van der Waals surface area contributed by atoms with E-state index in [1.165, 1.54) is 0 Å². The smallest absolute Gasteiger partial charge is 0.168 e. The van der Waals surface area contributed by atoms with Crippen LogP contribution in [-0.2, 0) is 0 Å². The van der Waals surface area contributed by atoms with Crippen molar-refractivity contribution in [2.24, 2.45) is 0 Å². The van der Waals surface area contributed by atoms with E-state index in [4.69, 9.17) is 21.7 Å². The minimum atomic E-state index is 0.00139. The maximum Gasteiger partial charge on any atom is 0.168 e. The summed E-state index contributed by atoms with van der Waals surface area (Å²) < 4.78 is 11.5. The Morgan fingerprint density at radius 2 is 2.17 bits per heavy atom. The van der Waals surface area contributed by atoms with E-state index in [-0.39, 0.29) is 6.10 Å². The molecular formula is C13H18N2O2S. The van der Waals surface area contributed by atoms with Crippen LogP contribution in [0, 0.1) is 0 Å². The predicted octanol–water partition coefficient (Wildman–Crippen LogP) is 1.65. The maximum absolute atomic E-state index is 5.88. The molecule has 0 aliphatic carbocycles. The second-order valence-electron chi connectivity index (χ2n) is 4.21. The van der Waals surface area contributed by atoms with E-state index in [1.807, 2.05) is 43.1 Å². The van der Waals surface area contributed by atoms with Crippen molar-refractivity contribution < 1.29 is 9.47 Å². The molecule has 0 unspecified atom stereocenters. The zero-order valence-corrected chi connectivity index (χ0v) is 11.5. The number of para-hydroxylation sites is 2. The van der Waals surface area contributed by atoms with Crippen molar-refractivity contribution in [1.29, 1.82) is 0 Å². The van der Waals surface area contributed by atoms with Crippen LogP contribution in [-0.4, -0.2) is 42.9 Å². The first-order valence-electron chi connectivity index (χ1n) is 6.08. The summed E-state index contributed by atoms with van der Waals surface area (Å²) in [4.78, 5) is 1.97. The molecule has 1 aliphatic heterocycles. The number of benzene rings is 1. The second-order valence-corrected chi connectivity index (χ2v) is 4.60. The first-order valence-corrected chi connectivity index (χ1v) is 6.49. The number of hydrogen-bond acceptors (Lipinski definition) is 3. The Hall–Kier alpha value is -1.49. The lowest BCUT2D eigenvalue weighted by Crippen LogP contribution is -2.45. The van der Waals surface area contributed by atoms with Gasteiger partial charge in [-0.1, -0.05) is 12.1 Å². The Balaban J connectivity index is 1.91. The van der Waals surface area contributed by atoms with E-state index >= 15 is 0 Å². The Morgan fingerprint density at radius 3 is 2.89 bits per heavy atom. The van der Waals surface area contributed by atoms with Gasteiger partial charge >= 0.3 is 0 Å². The molecule has 1 aromatic carbocycles. The van der Waals surface area contributed by atoms with Gasteiger partial charge in [-0.15, -0.1) is 0 Å². The van der Waals surface area contributed by atoms with Gasteiger partial charge in [0.05, 0.1) is 6.54 Å². The van der Waals surface area contributed by atoms with Crippen LogP contribution in [0.2, 0.25) is 0 Å². The summed E-state index contributed by atoms with van der Waals surface area (Å²) in [5.41, 5.74) is 0. The highest BCUT2D eigenvalue weighted by molar-refractivity contribution is 7.80. The highest BCUT2D eigenvalue weighted by Crippen LogP contribution is 2.30. The molecule has 5 heteroatoms. The van der Waals surface area contributed by atoms with Crippen molar-refractivity contribution >= 4 is 17.3 Å². The van der Waals surface area contributed by atoms with Gasteiger partial charge < -0.3 is 19.7 Å². The summed E-state index contributed by atoms with van der Waals surface area (Å²) >= 11 is 5.24. The molecule has 1 N–H and O–H groups in total. The number of likely N-dealkylation sites (N-methyl/N-ethyl adjacent to an activating group) is 1. The molecule has 1 heterocycles. The summed E-state index contributed by atoms with van der Waals surface area (Å²) in [6.07, 6.45) is 0.00139. The molecule has 98 valence electrons. The topological polar surface area (TPSA) is 33.7 Å². The SMILES string of the molecule is CCNC(=S)N(C)C[C@@H]1COc2ccccc2O1. The van der Waals surface area contributed by atoms with Gasteiger partial charge in [0.25, 0.3) is 0 Å². The van der Waals surface area contributed by atoms with Crippen LogP contribution in [0.15, 0.2) is 24.3 Å². The maximum atomic E-state index is 5.88. The van der Waals surface area contributed by atoms with Gasteiger partial charge in [0.1, 0.15) is 6.61 Å². The summed E-state index contributed by atoms with van der Waals surface area (Å²) in [5.74, 6) is 1.61. The number of hydrogen-bond donors (Lipinski definition) is 1. The largest absolute Gasteiger partial charge is 0.486 e. The number of rotatable bonds is 3. The molecule has 1 aromatic rings. The molecule has 0 fully saturated rings. The van der Waals surface area contributed by atoms with Gasteiger partial charge in [-0.3, -0.25) is 0 Å². The lowest BCUT2D eigenvalue weighted by Gasteiger charge is -2.30. The fraction of sp³-hybridized carbons (Fsp3) is 0.462. The van der Waals surface area contributed by atoms with E-state index in [1.54, 1.807) is 0 Å². The fourth-order valence-electron chi connectivity index (χ4n) is 1.83. The van der Waals surface area contributed by atoms with E-state index in [0.717, 1.165) is 23.2 Å². The predicted molar refractivity (Wildman–Crippen MR) is 75.3 cm³/mol. The molecule has 0 amide bonds. The van der Waals surface area contributed by atoms with Crippen molar-refractivity contribution in [2.45, 2.75) is 13.0 Å². The van der Waals surface area contributed by atoms with Crippen LogP contribution < -0.4 is 14.8 Å². The number of fused-ring (bicyclic) bond motifs is 1. The van der Waals surface area contributed by atoms with Crippen molar-refractivity contribution in [3.63, 3.8) is 0 Å². The third kappa shape index (κ3) is 3.04. The molecule has 18 heavy (non-hydrogen) atoms. The van der Waals surface area contributed by atoms with Crippen LogP contribution in [0.5, 0.6) is 11.5 Å². The molecular weight excluding hydrogens is 248 g/mol. The van der Waals surface area contributed by atoms with Gasteiger partial charge in [0.2, 0.25) is 0 Å². The Bertz CT molecular complexity index is 425. The van der Waals surface area contributed by atoms with Gasteiger partial charge in [0.15, 0.2) is 22.7 Å². The lowest BCUT2D eigenvalue weighted by atomic mass is 10.2. The van der Waals surface area contributed by atoms with Crippen LogP contribution >= 0.6 is 12.2 Å². The van der Waals surface area contributed by atoms with Crippen molar-refractivity contribution in [1.82, 2.24) is 10.2 Å². The first-order chi connectivity index (χ1) is 8.70. The standard InChI is InChI=1S/C13H18N2O2S/c1-3-14-13(18)15(2)8-10-9-16-11-6-4-5-7-12(11)17-10/h4-7,10H,3,8-9H2,1-2H3,(H,14,18)/t10-/m1/s1. The third-order valence-electron chi connectivity index (χ3n) is 2.72. The fourth-order valence-corrected chi connectivity index (χ4v) is 2.05. The lowest BCUT2D eigenvalue weighted by molar-refractivity contribution is 0.0779. The zero-order chi connectivity index (χ0) is 13.0. The highest BCUT2D eigenvalue weighted by Gasteiger charge is 2.22. The molecule has 0 radical (unpaired) electrons. The van der Waals surface area contributed by atoms with Crippen LogP contribution in [0.4, 0.5) is 0 Å². The minimum Gasteiger partial charge on any atom is -0.486 e. The molecule has 1 atom stereocenters. The second kappa shape index (κ2) is 5.91. The van der Waals surface area contributed by atoms with E-state index in [0.29, 0.717) is 13.2 Å². The van der Waals surface area contributed by atoms with Gasteiger partial charge in [-0.05, 0) is 31.3 Å². The normalized spacial score (nSPS) is 17.1. The average molecular weight is 266 g/mol. The van der Waals surface area contributed by atoms with E-state index in [2.05, 4.69) is 5.32 Å². The zero-order valence-electron chi connectivity index (χ0n) is 10.7. The number of nitrogens with one attached hydrogen (secondary N) is 1. The van der Waals surface area contributed by atoms with E-state index < -0.39 is 0 Å². The van der Waals surface area contributed by atoms with Crippen LogP contribution in [0.1, 0.15) is 6.92 Å². The van der Waals surface area contributed by atoms with Crippen molar-refractivity contribution in [3.8, 4) is 11.5 Å². The minimum absolute atomic E-state index is 0.00139. The average Bonchev–Trinajstić information content (AvgIpc) is 2.39. The summed E-state index contributed by atoms with van der Waals surface area (Å²) in [6, 6.07) is 7.72. The Morgan fingerprint density at radius 1 is 1.44 bits per heavy atom. The highest BCUT2D eigenvalue weighted by atomic mass is 32.1. The molecule has 0 spiro atoms. The third-order valence-corrected chi connectivity index (χ3v) is 3.18. The molecule has 2 rings (SSSR count). The molecule has 0 aromatic heterocycles. The van der Waals surface area contributed by atoms with Crippen LogP contribution in [0.25, 0.3) is 0 Å². The monoisotopic (exact) mass is 266 g/mol. The number of ether oxygens (including phenoxy) is 2. The van der Waals surface area contributed by atoms with E-state index in [9.17, 15) is 0 Å². The summed E-state index contributed by atoms with van der Waals surface area (Å²) in [7, 11) is 1.95. The molecule has 0 bridgehead atoms. The molecule has 0 saturated heterocycles.